The minimum Gasteiger partial charge on any atom is -0.464 e. The predicted octanol–water partition coefficient (Wildman–Crippen LogP) is 1.79. The van der Waals surface area contributed by atoms with Crippen LogP contribution in [0.4, 0.5) is 0 Å². The number of hydrogen-bond donors (Lipinski definition) is 0. The molecular formula is C15H15N3O4. The molecule has 0 saturated carbocycles. The maximum absolute atomic E-state index is 11.9. The molecule has 0 aliphatic heterocycles. The Morgan fingerprint density at radius 2 is 1.82 bits per heavy atom. The summed E-state index contributed by atoms with van der Waals surface area (Å²) in [5.74, 6) is -1.48. The Hall–Kier alpha value is -2.96. The maximum Gasteiger partial charge on any atom is 0.361 e. The van der Waals surface area contributed by atoms with Crippen LogP contribution in [0.25, 0.3) is 12.3 Å². The highest BCUT2D eigenvalue weighted by Crippen LogP contribution is 2.13. The van der Waals surface area contributed by atoms with Crippen LogP contribution in [0.2, 0.25) is 0 Å². The number of ether oxygens (including phenoxy) is 2. The second-order valence-corrected chi connectivity index (χ2v) is 4.39. The minimum atomic E-state index is -0.754. The molecule has 0 aliphatic rings. The average molecular weight is 301 g/mol. The predicted molar refractivity (Wildman–Crippen MR) is 79.1 cm³/mol. The molecule has 0 radical (unpaired) electrons. The van der Waals surface area contributed by atoms with E-state index in [0.717, 1.165) is 11.1 Å². The quantitative estimate of drug-likeness (QED) is 0.801. The van der Waals surface area contributed by atoms with E-state index in [-0.39, 0.29) is 11.4 Å². The number of benzene rings is 1. The molecule has 0 bridgehead atoms. The molecule has 1 aromatic heterocycles. The number of aromatic nitrogens is 3. The second kappa shape index (κ2) is 6.66. The van der Waals surface area contributed by atoms with Gasteiger partial charge in [0.2, 0.25) is 5.69 Å². The van der Waals surface area contributed by atoms with Crippen molar-refractivity contribution < 1.29 is 19.1 Å². The Balaban J connectivity index is 2.43. The molecule has 7 nitrogen and oxygen atoms in total. The second-order valence-electron chi connectivity index (χ2n) is 4.39. The lowest BCUT2D eigenvalue weighted by molar-refractivity contribution is 0.0546. The number of hydrogen-bond acceptors (Lipinski definition) is 6. The molecule has 114 valence electrons. The van der Waals surface area contributed by atoms with Crippen LogP contribution in [-0.2, 0) is 9.47 Å². The number of methoxy groups -OCH3 is 2. The molecule has 7 heteroatoms. The fourth-order valence-electron chi connectivity index (χ4n) is 1.84. The normalized spacial score (nSPS) is 10.7. The third kappa shape index (κ3) is 3.03. The number of rotatable bonds is 4. The SMILES string of the molecule is COC(=O)c1nnn(/C=C\c2ccccc2C)c1C(=O)OC. The van der Waals surface area contributed by atoms with E-state index in [1.165, 1.54) is 25.1 Å². The van der Waals surface area contributed by atoms with Gasteiger partial charge >= 0.3 is 11.9 Å². The van der Waals surface area contributed by atoms with Gasteiger partial charge < -0.3 is 9.47 Å². The zero-order valence-electron chi connectivity index (χ0n) is 12.4. The van der Waals surface area contributed by atoms with Gasteiger partial charge in [-0.2, -0.15) is 0 Å². The van der Waals surface area contributed by atoms with E-state index < -0.39 is 11.9 Å². The summed E-state index contributed by atoms with van der Waals surface area (Å²) >= 11 is 0. The molecule has 0 unspecified atom stereocenters. The fourth-order valence-corrected chi connectivity index (χ4v) is 1.84. The van der Waals surface area contributed by atoms with Crippen molar-refractivity contribution >= 4 is 24.2 Å². The molecule has 0 amide bonds. The van der Waals surface area contributed by atoms with Crippen LogP contribution >= 0.6 is 0 Å². The summed E-state index contributed by atoms with van der Waals surface area (Å²) in [7, 11) is 2.41. The highest BCUT2D eigenvalue weighted by molar-refractivity contribution is 6.00. The number of aryl methyl sites for hydroxylation is 1. The molecular weight excluding hydrogens is 286 g/mol. The van der Waals surface area contributed by atoms with E-state index in [9.17, 15) is 9.59 Å². The average Bonchev–Trinajstić information content (AvgIpc) is 2.96. The zero-order valence-corrected chi connectivity index (χ0v) is 12.4. The van der Waals surface area contributed by atoms with Gasteiger partial charge in [-0.15, -0.1) is 5.10 Å². The van der Waals surface area contributed by atoms with Crippen molar-refractivity contribution in [3.05, 3.63) is 46.8 Å². The first-order chi connectivity index (χ1) is 10.6. The smallest absolute Gasteiger partial charge is 0.361 e. The van der Waals surface area contributed by atoms with Crippen LogP contribution in [0, 0.1) is 6.92 Å². The summed E-state index contributed by atoms with van der Waals surface area (Å²) in [4.78, 5) is 23.5. The van der Waals surface area contributed by atoms with Crippen LogP contribution in [0.5, 0.6) is 0 Å². The Morgan fingerprint density at radius 1 is 1.14 bits per heavy atom. The van der Waals surface area contributed by atoms with E-state index in [1.54, 1.807) is 6.08 Å². The van der Waals surface area contributed by atoms with Gasteiger partial charge in [-0.25, -0.2) is 14.3 Å². The molecule has 0 atom stereocenters. The van der Waals surface area contributed by atoms with Gasteiger partial charge in [-0.3, -0.25) is 0 Å². The number of nitrogens with zero attached hydrogens (tertiary/aromatic N) is 3. The Labute approximate surface area is 127 Å². The maximum atomic E-state index is 11.9. The first kappa shape index (κ1) is 15.4. The molecule has 1 aromatic carbocycles. The molecule has 0 saturated heterocycles. The Kier molecular flexibility index (Phi) is 4.67. The molecule has 0 spiro atoms. The van der Waals surface area contributed by atoms with Crippen molar-refractivity contribution in [2.75, 3.05) is 14.2 Å². The summed E-state index contributed by atoms with van der Waals surface area (Å²) in [5, 5.41) is 7.45. The lowest BCUT2D eigenvalue weighted by atomic mass is 10.1. The number of carbonyl (C=O) groups is 2. The van der Waals surface area contributed by atoms with E-state index in [4.69, 9.17) is 0 Å². The Morgan fingerprint density at radius 3 is 2.45 bits per heavy atom. The van der Waals surface area contributed by atoms with Crippen LogP contribution in [-0.4, -0.2) is 41.2 Å². The highest BCUT2D eigenvalue weighted by atomic mass is 16.5. The highest BCUT2D eigenvalue weighted by Gasteiger charge is 2.26. The molecule has 0 N–H and O–H groups in total. The summed E-state index contributed by atoms with van der Waals surface area (Å²) in [6, 6.07) is 7.70. The van der Waals surface area contributed by atoms with Crippen LogP contribution in [0.3, 0.4) is 0 Å². The third-order valence-corrected chi connectivity index (χ3v) is 3.04. The number of esters is 2. The van der Waals surface area contributed by atoms with Gasteiger partial charge in [0, 0.05) is 6.20 Å². The van der Waals surface area contributed by atoms with Gasteiger partial charge in [-0.05, 0) is 24.1 Å². The minimum absolute atomic E-state index is 0.0841. The first-order valence-corrected chi connectivity index (χ1v) is 6.44. The lowest BCUT2D eigenvalue weighted by Crippen LogP contribution is -2.14. The van der Waals surface area contributed by atoms with Gasteiger partial charge in [-0.1, -0.05) is 29.5 Å². The largest absolute Gasteiger partial charge is 0.464 e. The molecule has 0 fully saturated rings. The van der Waals surface area contributed by atoms with Crippen molar-refractivity contribution in [1.29, 1.82) is 0 Å². The monoisotopic (exact) mass is 301 g/mol. The van der Waals surface area contributed by atoms with E-state index in [2.05, 4.69) is 19.8 Å². The van der Waals surface area contributed by atoms with Crippen LogP contribution in [0.1, 0.15) is 32.1 Å². The molecule has 0 aliphatic carbocycles. The van der Waals surface area contributed by atoms with E-state index in [0.29, 0.717) is 0 Å². The van der Waals surface area contributed by atoms with E-state index in [1.807, 2.05) is 31.2 Å². The first-order valence-electron chi connectivity index (χ1n) is 6.44. The molecule has 2 rings (SSSR count). The van der Waals surface area contributed by atoms with Crippen LogP contribution in [0.15, 0.2) is 24.3 Å². The van der Waals surface area contributed by atoms with Crippen molar-refractivity contribution in [1.82, 2.24) is 15.0 Å². The third-order valence-electron chi connectivity index (χ3n) is 3.04. The van der Waals surface area contributed by atoms with Crippen molar-refractivity contribution in [2.45, 2.75) is 6.92 Å². The van der Waals surface area contributed by atoms with Crippen molar-refractivity contribution in [2.24, 2.45) is 0 Å². The van der Waals surface area contributed by atoms with Crippen molar-refractivity contribution in [3.8, 4) is 0 Å². The Bertz CT molecular complexity index is 734. The van der Waals surface area contributed by atoms with Gasteiger partial charge in [0.25, 0.3) is 0 Å². The topological polar surface area (TPSA) is 83.3 Å². The number of carbonyl (C=O) groups excluding carboxylic acids is 2. The zero-order chi connectivity index (χ0) is 16.1. The standard InChI is InChI=1S/C15H15N3O4/c1-10-6-4-5-7-11(10)8-9-18-13(15(20)22-3)12(16-17-18)14(19)21-2/h4-9H,1-3H3/b9-8-. The molecule has 2 aromatic rings. The van der Waals surface area contributed by atoms with Crippen LogP contribution < -0.4 is 0 Å². The fraction of sp³-hybridized carbons (Fsp3) is 0.200. The summed E-state index contributed by atoms with van der Waals surface area (Å²) in [6.07, 6.45) is 3.30. The van der Waals surface area contributed by atoms with E-state index >= 15 is 0 Å². The van der Waals surface area contributed by atoms with Gasteiger partial charge in [0.1, 0.15) is 0 Å². The molecule has 22 heavy (non-hydrogen) atoms. The summed E-state index contributed by atoms with van der Waals surface area (Å²) in [6.45, 7) is 1.96. The summed E-state index contributed by atoms with van der Waals surface area (Å²) < 4.78 is 10.4. The summed E-state index contributed by atoms with van der Waals surface area (Å²) in [5.41, 5.74) is 1.74. The lowest BCUT2D eigenvalue weighted by Gasteiger charge is -2.02. The molecule has 1 heterocycles. The van der Waals surface area contributed by atoms with Gasteiger partial charge in [0.15, 0.2) is 5.69 Å². The van der Waals surface area contributed by atoms with Gasteiger partial charge in [0.05, 0.1) is 14.2 Å². The van der Waals surface area contributed by atoms with Crippen molar-refractivity contribution in [3.63, 3.8) is 0 Å².